The van der Waals surface area contributed by atoms with Crippen LogP contribution in [0.15, 0.2) is 48.7 Å². The molecule has 0 unspecified atom stereocenters. The molecule has 0 fully saturated rings. The van der Waals surface area contributed by atoms with Crippen LogP contribution < -0.4 is 0 Å². The van der Waals surface area contributed by atoms with Crippen molar-refractivity contribution in [2.24, 2.45) is 0 Å². The largest absolute Gasteiger partial charge is 0.508 e. The minimum atomic E-state index is -0.0548. The first kappa shape index (κ1) is 14.2. The Kier molecular flexibility index (Phi) is 3.83. The number of ketones is 1. The van der Waals surface area contributed by atoms with Crippen molar-refractivity contribution >= 4 is 16.7 Å². The SMILES string of the molecule is O=C(CCCc1c[nH]c2ccc(O)cc12)c1ccccc1O. The molecule has 0 radical (unpaired) electrons. The maximum atomic E-state index is 12.1. The predicted octanol–water partition coefficient (Wildman–Crippen LogP) is 3.78. The molecule has 0 saturated heterocycles. The summed E-state index contributed by atoms with van der Waals surface area (Å²) >= 11 is 0. The zero-order valence-corrected chi connectivity index (χ0v) is 12.0. The number of Topliss-reactive ketones (excluding diaryl/α,β-unsaturated/α-hetero) is 1. The highest BCUT2D eigenvalue weighted by Gasteiger charge is 2.11. The summed E-state index contributed by atoms with van der Waals surface area (Å²) in [6.45, 7) is 0. The van der Waals surface area contributed by atoms with Gasteiger partial charge in [-0.25, -0.2) is 0 Å². The van der Waals surface area contributed by atoms with Crippen molar-refractivity contribution in [1.82, 2.24) is 4.98 Å². The minimum absolute atomic E-state index is 0.0320. The van der Waals surface area contributed by atoms with E-state index in [0.29, 0.717) is 18.4 Å². The maximum absolute atomic E-state index is 12.1. The summed E-state index contributed by atoms with van der Waals surface area (Å²) in [6.07, 6.45) is 3.72. The number of aromatic hydroxyl groups is 2. The van der Waals surface area contributed by atoms with Crippen LogP contribution in [-0.4, -0.2) is 21.0 Å². The molecule has 0 bridgehead atoms. The van der Waals surface area contributed by atoms with Gasteiger partial charge >= 0.3 is 0 Å². The van der Waals surface area contributed by atoms with E-state index < -0.39 is 0 Å². The fourth-order valence-corrected chi connectivity index (χ4v) is 2.66. The van der Waals surface area contributed by atoms with Gasteiger partial charge in [-0.2, -0.15) is 0 Å². The Morgan fingerprint density at radius 1 is 1.09 bits per heavy atom. The molecule has 0 amide bonds. The van der Waals surface area contributed by atoms with Gasteiger partial charge in [0.2, 0.25) is 0 Å². The number of para-hydroxylation sites is 1. The number of hydrogen-bond acceptors (Lipinski definition) is 3. The van der Waals surface area contributed by atoms with Crippen LogP contribution in [0.25, 0.3) is 10.9 Å². The van der Waals surface area contributed by atoms with Crippen molar-refractivity contribution in [3.63, 3.8) is 0 Å². The number of H-pyrrole nitrogens is 1. The van der Waals surface area contributed by atoms with E-state index in [2.05, 4.69) is 4.98 Å². The monoisotopic (exact) mass is 295 g/mol. The standard InChI is InChI=1S/C18H17NO3/c20-13-8-9-16-15(10-13)12(11-19-16)4-3-7-18(22)14-5-1-2-6-17(14)21/h1-2,5-6,8-11,19-21H,3-4,7H2. The van der Waals surface area contributed by atoms with Gasteiger partial charge in [0.15, 0.2) is 5.78 Å². The second-order valence-corrected chi connectivity index (χ2v) is 5.34. The highest BCUT2D eigenvalue weighted by molar-refractivity contribution is 5.98. The molecule has 22 heavy (non-hydrogen) atoms. The van der Waals surface area contributed by atoms with Crippen molar-refractivity contribution in [3.05, 3.63) is 59.8 Å². The molecular formula is C18H17NO3. The summed E-state index contributed by atoms with van der Waals surface area (Å²) in [5.74, 6) is 0.212. The van der Waals surface area contributed by atoms with E-state index in [4.69, 9.17) is 0 Å². The molecule has 3 aromatic rings. The molecule has 2 aromatic carbocycles. The number of phenolic OH excluding ortho intramolecular Hbond substituents is 2. The number of hydrogen-bond donors (Lipinski definition) is 3. The number of rotatable bonds is 5. The molecule has 4 nitrogen and oxygen atoms in total. The van der Waals surface area contributed by atoms with E-state index in [0.717, 1.165) is 22.9 Å². The maximum Gasteiger partial charge on any atom is 0.166 e. The van der Waals surface area contributed by atoms with Crippen molar-refractivity contribution in [1.29, 1.82) is 0 Å². The molecule has 0 aliphatic heterocycles. The van der Waals surface area contributed by atoms with Crippen LogP contribution in [0.2, 0.25) is 0 Å². The second kappa shape index (κ2) is 5.93. The number of aromatic amines is 1. The first-order valence-corrected chi connectivity index (χ1v) is 7.25. The zero-order chi connectivity index (χ0) is 15.5. The zero-order valence-electron chi connectivity index (χ0n) is 12.0. The van der Waals surface area contributed by atoms with Crippen LogP contribution in [0, 0.1) is 0 Å². The van der Waals surface area contributed by atoms with Gasteiger partial charge < -0.3 is 15.2 Å². The van der Waals surface area contributed by atoms with Crippen LogP contribution in [0.4, 0.5) is 0 Å². The first-order valence-electron chi connectivity index (χ1n) is 7.25. The van der Waals surface area contributed by atoms with Crippen LogP contribution in [0.1, 0.15) is 28.8 Å². The average Bonchev–Trinajstić information content (AvgIpc) is 2.90. The highest BCUT2D eigenvalue weighted by Crippen LogP contribution is 2.25. The van der Waals surface area contributed by atoms with E-state index in [1.54, 1.807) is 30.3 Å². The van der Waals surface area contributed by atoms with Crippen LogP contribution in [-0.2, 0) is 6.42 Å². The fourth-order valence-electron chi connectivity index (χ4n) is 2.66. The number of fused-ring (bicyclic) bond motifs is 1. The van der Waals surface area contributed by atoms with Crippen molar-refractivity contribution in [2.75, 3.05) is 0 Å². The Hall–Kier alpha value is -2.75. The smallest absolute Gasteiger partial charge is 0.166 e. The molecule has 112 valence electrons. The van der Waals surface area contributed by atoms with Crippen LogP contribution in [0.5, 0.6) is 11.5 Å². The van der Waals surface area contributed by atoms with E-state index >= 15 is 0 Å². The minimum Gasteiger partial charge on any atom is -0.508 e. The number of aromatic nitrogens is 1. The van der Waals surface area contributed by atoms with Gasteiger partial charge in [-0.3, -0.25) is 4.79 Å². The third kappa shape index (κ3) is 2.81. The number of aryl methyl sites for hydroxylation is 1. The second-order valence-electron chi connectivity index (χ2n) is 5.34. The topological polar surface area (TPSA) is 73.3 Å². The lowest BCUT2D eigenvalue weighted by Gasteiger charge is -2.03. The highest BCUT2D eigenvalue weighted by atomic mass is 16.3. The van der Waals surface area contributed by atoms with Gasteiger partial charge in [0, 0.05) is 23.5 Å². The predicted molar refractivity (Wildman–Crippen MR) is 85.3 cm³/mol. The van der Waals surface area contributed by atoms with E-state index in [1.165, 1.54) is 6.07 Å². The van der Waals surface area contributed by atoms with Gasteiger partial charge in [0.1, 0.15) is 11.5 Å². The van der Waals surface area contributed by atoms with Crippen molar-refractivity contribution in [2.45, 2.75) is 19.3 Å². The third-order valence-electron chi connectivity index (χ3n) is 3.81. The third-order valence-corrected chi connectivity index (χ3v) is 3.81. The Balaban J connectivity index is 1.66. The van der Waals surface area contributed by atoms with Gasteiger partial charge in [-0.1, -0.05) is 12.1 Å². The van der Waals surface area contributed by atoms with Gasteiger partial charge in [-0.15, -0.1) is 0 Å². The molecule has 0 saturated carbocycles. The number of carbonyl (C=O) groups excluding carboxylic acids is 1. The molecule has 0 aliphatic carbocycles. The van der Waals surface area contributed by atoms with Crippen LogP contribution in [0.3, 0.4) is 0 Å². The molecule has 3 N–H and O–H groups in total. The number of nitrogens with one attached hydrogen (secondary N) is 1. The molecule has 0 spiro atoms. The molecule has 3 rings (SSSR count). The van der Waals surface area contributed by atoms with E-state index in [-0.39, 0.29) is 17.3 Å². The van der Waals surface area contributed by atoms with Crippen molar-refractivity contribution < 1.29 is 15.0 Å². The van der Waals surface area contributed by atoms with E-state index in [1.807, 2.05) is 12.3 Å². The quantitative estimate of drug-likeness (QED) is 0.627. The lowest BCUT2D eigenvalue weighted by Crippen LogP contribution is -2.00. The molecule has 0 atom stereocenters. The average molecular weight is 295 g/mol. The van der Waals surface area contributed by atoms with Gasteiger partial charge in [0.05, 0.1) is 5.56 Å². The molecule has 1 heterocycles. The molecule has 0 aliphatic rings. The molecule has 1 aromatic heterocycles. The summed E-state index contributed by atoms with van der Waals surface area (Å²) < 4.78 is 0. The number of benzene rings is 2. The lowest BCUT2D eigenvalue weighted by atomic mass is 10.0. The number of phenols is 2. The Bertz CT molecular complexity index is 820. The van der Waals surface area contributed by atoms with Gasteiger partial charge in [0.25, 0.3) is 0 Å². The molecule has 4 heteroatoms. The van der Waals surface area contributed by atoms with Crippen LogP contribution >= 0.6 is 0 Å². The number of carbonyl (C=O) groups is 1. The summed E-state index contributed by atoms with van der Waals surface area (Å²) in [5, 5.41) is 20.2. The van der Waals surface area contributed by atoms with Crippen molar-refractivity contribution in [3.8, 4) is 11.5 Å². The summed E-state index contributed by atoms with van der Waals surface area (Å²) in [7, 11) is 0. The van der Waals surface area contributed by atoms with Gasteiger partial charge in [-0.05, 0) is 48.7 Å². The normalized spacial score (nSPS) is 10.9. The first-order chi connectivity index (χ1) is 10.6. The molecular weight excluding hydrogens is 278 g/mol. The summed E-state index contributed by atoms with van der Waals surface area (Å²) in [4.78, 5) is 15.3. The Morgan fingerprint density at radius 2 is 1.91 bits per heavy atom. The summed E-state index contributed by atoms with van der Waals surface area (Å²) in [5.41, 5.74) is 2.43. The summed E-state index contributed by atoms with van der Waals surface area (Å²) in [6, 6.07) is 11.8. The Labute approximate surface area is 128 Å². The lowest BCUT2D eigenvalue weighted by molar-refractivity contribution is 0.0977. The fraction of sp³-hybridized carbons (Fsp3) is 0.167. The Morgan fingerprint density at radius 3 is 2.73 bits per heavy atom. The van der Waals surface area contributed by atoms with E-state index in [9.17, 15) is 15.0 Å².